The van der Waals surface area contributed by atoms with Crippen LogP contribution in [-0.4, -0.2) is 72.7 Å². The molecule has 3 aliphatic rings. The molecule has 1 saturated heterocycles. The van der Waals surface area contributed by atoms with Crippen LogP contribution in [0, 0.1) is 5.92 Å². The van der Waals surface area contributed by atoms with Crippen molar-refractivity contribution in [3.05, 3.63) is 30.1 Å². The smallest absolute Gasteiger partial charge is 0.226 e. The largest absolute Gasteiger partial charge is 0.378 e. The van der Waals surface area contributed by atoms with E-state index in [4.69, 9.17) is 9.47 Å². The third-order valence-electron chi connectivity index (χ3n) is 8.20. The van der Waals surface area contributed by atoms with Crippen molar-refractivity contribution in [2.75, 3.05) is 26.8 Å². The molecule has 1 aromatic rings. The average molecular weight is 529 g/mol. The van der Waals surface area contributed by atoms with Gasteiger partial charge in [-0.05, 0) is 56.6 Å². The van der Waals surface area contributed by atoms with Crippen molar-refractivity contribution in [1.29, 1.82) is 0 Å². The molecule has 3 fully saturated rings. The van der Waals surface area contributed by atoms with Gasteiger partial charge >= 0.3 is 0 Å². The van der Waals surface area contributed by atoms with Crippen molar-refractivity contribution in [3.63, 3.8) is 0 Å². The van der Waals surface area contributed by atoms with E-state index in [0.717, 1.165) is 50.5 Å². The number of aromatic nitrogens is 1. The molecule has 9 nitrogen and oxygen atoms in total. The van der Waals surface area contributed by atoms with Crippen molar-refractivity contribution < 1.29 is 23.9 Å². The van der Waals surface area contributed by atoms with Gasteiger partial charge in [0.15, 0.2) is 0 Å². The first kappa shape index (κ1) is 28.5. The van der Waals surface area contributed by atoms with E-state index in [9.17, 15) is 14.4 Å². The number of nitrogens with zero attached hydrogens (tertiary/aromatic N) is 2. The Morgan fingerprint density at radius 1 is 1.03 bits per heavy atom. The van der Waals surface area contributed by atoms with Gasteiger partial charge in [0.25, 0.3) is 0 Å². The Kier molecular flexibility index (Phi) is 10.9. The van der Waals surface area contributed by atoms with Gasteiger partial charge in [-0.25, -0.2) is 0 Å². The van der Waals surface area contributed by atoms with Crippen LogP contribution in [0.25, 0.3) is 0 Å². The SMILES string of the molecule is CN1C(=O)C[C@H](C(=O)NCCOC2CCC(OCCCC(=O)NC3CCCCC3)CC2)[C@H]1c1cccnc1. The minimum Gasteiger partial charge on any atom is -0.378 e. The number of ether oxygens (including phenoxy) is 2. The van der Waals surface area contributed by atoms with E-state index in [1.54, 1.807) is 24.3 Å². The zero-order chi connectivity index (χ0) is 26.7. The first-order chi connectivity index (χ1) is 18.5. The minimum absolute atomic E-state index is 0.0306. The van der Waals surface area contributed by atoms with E-state index in [1.165, 1.54) is 19.3 Å². The maximum absolute atomic E-state index is 12.9. The van der Waals surface area contributed by atoms with Crippen molar-refractivity contribution >= 4 is 17.7 Å². The summed E-state index contributed by atoms with van der Waals surface area (Å²) in [5.74, 6) is -0.423. The van der Waals surface area contributed by atoms with Crippen LogP contribution in [0.5, 0.6) is 0 Å². The molecule has 9 heteroatoms. The van der Waals surface area contributed by atoms with Crippen LogP contribution in [0.3, 0.4) is 0 Å². The van der Waals surface area contributed by atoms with Crippen molar-refractivity contribution in [2.45, 2.75) is 101 Å². The third kappa shape index (κ3) is 8.24. The van der Waals surface area contributed by atoms with Gasteiger partial charge in [-0.2, -0.15) is 0 Å². The summed E-state index contributed by atoms with van der Waals surface area (Å²) in [4.78, 5) is 43.1. The molecule has 3 amide bonds. The second-order valence-corrected chi connectivity index (χ2v) is 11.0. The standard InChI is InChI=1S/C29H44N4O5/c1-33-27(35)19-25(28(33)21-7-5-15-30-20-21)29(36)31-16-18-38-24-13-11-23(12-14-24)37-17-6-10-26(34)32-22-8-3-2-4-9-22/h5,7,15,20,22-25,28H,2-4,6,8-14,16-19H2,1H3,(H,31,36)(H,32,34)/t23?,24?,25-,28+/m0/s1. The van der Waals surface area contributed by atoms with Gasteiger partial charge in [-0.3, -0.25) is 19.4 Å². The van der Waals surface area contributed by atoms with E-state index in [-0.39, 0.29) is 42.4 Å². The topological polar surface area (TPSA) is 110 Å². The van der Waals surface area contributed by atoms with Gasteiger partial charge in [0, 0.05) is 51.5 Å². The van der Waals surface area contributed by atoms with Gasteiger partial charge in [0.1, 0.15) is 0 Å². The zero-order valence-corrected chi connectivity index (χ0v) is 22.7. The fourth-order valence-corrected chi connectivity index (χ4v) is 6.04. The summed E-state index contributed by atoms with van der Waals surface area (Å²) in [5, 5.41) is 6.13. The molecule has 2 aliphatic carbocycles. The zero-order valence-electron chi connectivity index (χ0n) is 22.7. The predicted molar refractivity (Wildman–Crippen MR) is 143 cm³/mol. The summed E-state index contributed by atoms with van der Waals surface area (Å²) in [5.41, 5.74) is 0.874. The first-order valence-electron chi connectivity index (χ1n) is 14.5. The highest BCUT2D eigenvalue weighted by Crippen LogP contribution is 2.36. The van der Waals surface area contributed by atoms with Crippen LogP contribution in [0.4, 0.5) is 0 Å². The third-order valence-corrected chi connectivity index (χ3v) is 8.20. The Morgan fingerprint density at radius 2 is 1.74 bits per heavy atom. The quantitative estimate of drug-likeness (QED) is 0.403. The fourth-order valence-electron chi connectivity index (χ4n) is 6.04. The Hall–Kier alpha value is -2.52. The maximum atomic E-state index is 12.9. The van der Waals surface area contributed by atoms with Gasteiger partial charge in [0.05, 0.1) is 30.8 Å². The second kappa shape index (κ2) is 14.6. The lowest BCUT2D eigenvalue weighted by molar-refractivity contribution is -0.128. The number of likely N-dealkylation sites (tertiary alicyclic amines) is 1. The van der Waals surface area contributed by atoms with Crippen LogP contribution in [0.2, 0.25) is 0 Å². The van der Waals surface area contributed by atoms with Crippen molar-refractivity contribution in [1.82, 2.24) is 20.5 Å². The lowest BCUT2D eigenvalue weighted by atomic mass is 9.94. The molecular weight excluding hydrogens is 484 g/mol. The van der Waals surface area contributed by atoms with Crippen LogP contribution < -0.4 is 10.6 Å². The number of carbonyl (C=O) groups excluding carboxylic acids is 3. The number of amides is 3. The highest BCUT2D eigenvalue weighted by atomic mass is 16.5. The van der Waals surface area contributed by atoms with Gasteiger partial charge in [0.2, 0.25) is 17.7 Å². The molecule has 2 saturated carbocycles. The van der Waals surface area contributed by atoms with Gasteiger partial charge < -0.3 is 25.0 Å². The van der Waals surface area contributed by atoms with E-state index in [0.29, 0.717) is 32.2 Å². The molecular formula is C29H44N4O5. The monoisotopic (exact) mass is 528 g/mol. The molecule has 0 radical (unpaired) electrons. The lowest BCUT2D eigenvalue weighted by Gasteiger charge is -2.29. The molecule has 2 atom stereocenters. The maximum Gasteiger partial charge on any atom is 0.226 e. The van der Waals surface area contributed by atoms with Gasteiger partial charge in [-0.15, -0.1) is 0 Å². The first-order valence-corrected chi connectivity index (χ1v) is 14.5. The average Bonchev–Trinajstić information content (AvgIpc) is 3.24. The second-order valence-electron chi connectivity index (χ2n) is 11.0. The summed E-state index contributed by atoms with van der Waals surface area (Å²) >= 11 is 0. The van der Waals surface area contributed by atoms with Crippen LogP contribution in [-0.2, 0) is 23.9 Å². The van der Waals surface area contributed by atoms with Crippen LogP contribution in [0.15, 0.2) is 24.5 Å². The summed E-state index contributed by atoms with van der Waals surface area (Å²) in [7, 11) is 1.74. The summed E-state index contributed by atoms with van der Waals surface area (Å²) in [6.45, 7) is 1.50. The molecule has 0 aromatic carbocycles. The molecule has 0 bridgehead atoms. The van der Waals surface area contributed by atoms with Gasteiger partial charge in [-0.1, -0.05) is 25.3 Å². The number of hydrogen-bond donors (Lipinski definition) is 2. The summed E-state index contributed by atoms with van der Waals surface area (Å²) in [6.07, 6.45) is 15.1. The molecule has 2 N–H and O–H groups in total. The Balaban J connectivity index is 1.05. The van der Waals surface area contributed by atoms with E-state index in [2.05, 4.69) is 15.6 Å². The lowest BCUT2D eigenvalue weighted by Crippen LogP contribution is -2.37. The highest BCUT2D eigenvalue weighted by molar-refractivity contribution is 5.90. The van der Waals surface area contributed by atoms with Crippen molar-refractivity contribution in [3.8, 4) is 0 Å². The minimum atomic E-state index is -0.428. The number of pyridine rings is 1. The molecule has 0 unspecified atom stereocenters. The highest BCUT2D eigenvalue weighted by Gasteiger charge is 2.42. The predicted octanol–water partition coefficient (Wildman–Crippen LogP) is 3.29. The van der Waals surface area contributed by atoms with Crippen molar-refractivity contribution in [2.24, 2.45) is 5.92 Å². The number of hydrogen-bond acceptors (Lipinski definition) is 6. The molecule has 0 spiro atoms. The summed E-state index contributed by atoms with van der Waals surface area (Å²) < 4.78 is 12.0. The molecule has 4 rings (SSSR count). The van der Waals surface area contributed by atoms with E-state index >= 15 is 0 Å². The molecule has 2 heterocycles. The van der Waals surface area contributed by atoms with E-state index in [1.807, 2.05) is 12.1 Å². The molecule has 1 aliphatic heterocycles. The number of nitrogens with one attached hydrogen (secondary N) is 2. The number of rotatable bonds is 12. The number of carbonyl (C=O) groups is 3. The van der Waals surface area contributed by atoms with Crippen LogP contribution in [0.1, 0.15) is 88.7 Å². The summed E-state index contributed by atoms with van der Waals surface area (Å²) in [6, 6.07) is 3.81. The van der Waals surface area contributed by atoms with Crippen LogP contribution >= 0.6 is 0 Å². The Morgan fingerprint density at radius 3 is 2.42 bits per heavy atom. The molecule has 38 heavy (non-hydrogen) atoms. The Labute approximate surface area is 226 Å². The molecule has 210 valence electrons. The normalized spacial score (nSPS) is 26.3. The molecule has 1 aromatic heterocycles. The van der Waals surface area contributed by atoms with E-state index < -0.39 is 5.92 Å². The Bertz CT molecular complexity index is 899. The fraction of sp³-hybridized carbons (Fsp3) is 0.724.